The molecule has 4 aromatic heterocycles. The summed E-state index contributed by atoms with van der Waals surface area (Å²) in [5, 5.41) is 5.84. The summed E-state index contributed by atoms with van der Waals surface area (Å²) in [5.41, 5.74) is 2.65. The largest absolute Gasteiger partial charge is 0.355 e. The molecule has 0 aliphatic rings. The van der Waals surface area contributed by atoms with E-state index in [1.165, 1.54) is 16.6 Å². The van der Waals surface area contributed by atoms with Crippen LogP contribution in [0.2, 0.25) is 0 Å². The zero-order chi connectivity index (χ0) is 17.1. The van der Waals surface area contributed by atoms with Crippen LogP contribution in [0.15, 0.2) is 59.2 Å². The maximum Gasteiger partial charge on any atom is 0.230 e. The zero-order valence-electron chi connectivity index (χ0n) is 13.4. The fraction of sp³-hybridized carbons (Fsp3) is 0.167. The Kier molecular flexibility index (Phi) is 4.67. The SMILES string of the molecule is O=C(CSc1nc2ncccc2n2cccc12)NCCc1cccs1. The number of amides is 1. The van der Waals surface area contributed by atoms with Gasteiger partial charge in [-0.15, -0.1) is 11.3 Å². The number of thioether (sulfide) groups is 1. The molecule has 0 saturated carbocycles. The first kappa shape index (κ1) is 16.1. The van der Waals surface area contributed by atoms with Crippen LogP contribution in [0.5, 0.6) is 0 Å². The van der Waals surface area contributed by atoms with E-state index in [-0.39, 0.29) is 5.91 Å². The summed E-state index contributed by atoms with van der Waals surface area (Å²) in [6.07, 6.45) is 4.59. The average molecular weight is 368 g/mol. The highest BCUT2D eigenvalue weighted by Gasteiger charge is 2.11. The first-order chi connectivity index (χ1) is 12.3. The van der Waals surface area contributed by atoms with E-state index in [2.05, 4.69) is 31.1 Å². The number of fused-ring (bicyclic) bond motifs is 3. The maximum absolute atomic E-state index is 12.1. The van der Waals surface area contributed by atoms with Crippen molar-refractivity contribution in [1.29, 1.82) is 0 Å². The van der Waals surface area contributed by atoms with Gasteiger partial charge in [0.1, 0.15) is 5.03 Å². The Bertz CT molecular complexity index is 1010. The zero-order valence-corrected chi connectivity index (χ0v) is 15.0. The molecule has 0 bridgehead atoms. The van der Waals surface area contributed by atoms with Gasteiger partial charge in [-0.05, 0) is 42.1 Å². The van der Waals surface area contributed by atoms with Crippen molar-refractivity contribution < 1.29 is 4.79 Å². The summed E-state index contributed by atoms with van der Waals surface area (Å²) in [4.78, 5) is 22.3. The van der Waals surface area contributed by atoms with Gasteiger partial charge in [0, 0.05) is 23.8 Å². The molecule has 4 rings (SSSR count). The van der Waals surface area contributed by atoms with Crippen molar-refractivity contribution >= 4 is 45.7 Å². The van der Waals surface area contributed by atoms with Crippen molar-refractivity contribution in [3.05, 3.63) is 59.0 Å². The molecule has 0 fully saturated rings. The highest BCUT2D eigenvalue weighted by atomic mass is 32.2. The smallest absolute Gasteiger partial charge is 0.230 e. The third-order valence-electron chi connectivity index (χ3n) is 3.81. The van der Waals surface area contributed by atoms with Gasteiger partial charge < -0.3 is 9.72 Å². The minimum atomic E-state index is 0.0224. The van der Waals surface area contributed by atoms with Crippen LogP contribution < -0.4 is 5.32 Å². The summed E-state index contributed by atoms with van der Waals surface area (Å²) in [6.45, 7) is 0.660. The van der Waals surface area contributed by atoms with Crippen molar-refractivity contribution in [2.75, 3.05) is 12.3 Å². The summed E-state index contributed by atoms with van der Waals surface area (Å²) in [6, 6.07) is 12.0. The van der Waals surface area contributed by atoms with Crippen LogP contribution >= 0.6 is 23.1 Å². The molecule has 1 amide bonds. The van der Waals surface area contributed by atoms with Crippen LogP contribution in [0.3, 0.4) is 0 Å². The summed E-state index contributed by atoms with van der Waals surface area (Å²) >= 11 is 3.16. The molecule has 0 atom stereocenters. The summed E-state index contributed by atoms with van der Waals surface area (Å²) in [7, 11) is 0. The van der Waals surface area contributed by atoms with Gasteiger partial charge >= 0.3 is 0 Å². The summed E-state index contributed by atoms with van der Waals surface area (Å²) < 4.78 is 2.06. The van der Waals surface area contributed by atoms with E-state index in [9.17, 15) is 4.79 Å². The quantitative estimate of drug-likeness (QED) is 0.530. The molecule has 0 aliphatic carbocycles. The van der Waals surface area contributed by atoms with Gasteiger partial charge in [0.05, 0.1) is 16.8 Å². The van der Waals surface area contributed by atoms with Crippen LogP contribution in [0.1, 0.15) is 4.88 Å². The van der Waals surface area contributed by atoms with E-state index in [0.29, 0.717) is 17.9 Å². The Morgan fingerprint density at radius 3 is 3.00 bits per heavy atom. The lowest BCUT2D eigenvalue weighted by Gasteiger charge is -2.08. The second-order valence-electron chi connectivity index (χ2n) is 5.49. The number of aromatic nitrogens is 3. The number of thiophene rings is 1. The molecular formula is C18H16N4OS2. The second kappa shape index (κ2) is 7.25. The van der Waals surface area contributed by atoms with E-state index < -0.39 is 0 Å². The van der Waals surface area contributed by atoms with E-state index in [4.69, 9.17) is 0 Å². The van der Waals surface area contributed by atoms with Crippen molar-refractivity contribution in [1.82, 2.24) is 19.7 Å². The lowest BCUT2D eigenvalue weighted by Crippen LogP contribution is -2.27. The number of rotatable bonds is 6. The predicted molar refractivity (Wildman–Crippen MR) is 102 cm³/mol. The fourth-order valence-corrected chi connectivity index (χ4v) is 4.20. The first-order valence-electron chi connectivity index (χ1n) is 7.95. The highest BCUT2D eigenvalue weighted by Crippen LogP contribution is 2.25. The lowest BCUT2D eigenvalue weighted by molar-refractivity contribution is -0.118. The molecule has 0 aliphatic heterocycles. The standard InChI is InChI=1S/C18H16N4OS2/c23-16(19-9-7-13-4-3-11-24-13)12-25-18-15-6-2-10-22(15)14-5-1-8-20-17(14)21-18/h1-6,8,10-11H,7,9,12H2,(H,19,23). The number of hydrogen-bond acceptors (Lipinski definition) is 5. The normalized spacial score (nSPS) is 11.2. The van der Waals surface area contributed by atoms with E-state index >= 15 is 0 Å². The van der Waals surface area contributed by atoms with Crippen molar-refractivity contribution in [2.45, 2.75) is 11.4 Å². The van der Waals surface area contributed by atoms with Crippen molar-refractivity contribution in [3.8, 4) is 0 Å². The van der Waals surface area contributed by atoms with Crippen LogP contribution in [0.4, 0.5) is 0 Å². The van der Waals surface area contributed by atoms with Crippen molar-refractivity contribution in [2.24, 2.45) is 0 Å². The number of carbonyl (C=O) groups excluding carboxylic acids is 1. The molecule has 126 valence electrons. The fourth-order valence-electron chi connectivity index (χ4n) is 2.65. The highest BCUT2D eigenvalue weighted by molar-refractivity contribution is 8.00. The second-order valence-corrected chi connectivity index (χ2v) is 7.49. The molecule has 7 heteroatoms. The van der Waals surface area contributed by atoms with Crippen molar-refractivity contribution in [3.63, 3.8) is 0 Å². The monoisotopic (exact) mass is 368 g/mol. The van der Waals surface area contributed by atoms with Gasteiger partial charge in [-0.3, -0.25) is 4.79 Å². The Morgan fingerprint density at radius 1 is 1.20 bits per heavy atom. The molecule has 4 heterocycles. The van der Waals surface area contributed by atoms with Gasteiger partial charge in [-0.25, -0.2) is 9.97 Å². The topological polar surface area (TPSA) is 59.3 Å². The van der Waals surface area contributed by atoms with Crippen LogP contribution in [-0.2, 0) is 11.2 Å². The third-order valence-corrected chi connectivity index (χ3v) is 5.73. The Hall–Kier alpha value is -2.38. The number of nitrogens with one attached hydrogen (secondary N) is 1. The van der Waals surface area contributed by atoms with Crippen LogP contribution in [0, 0.1) is 0 Å². The number of hydrogen-bond donors (Lipinski definition) is 1. The van der Waals surface area contributed by atoms with Gasteiger partial charge in [0.2, 0.25) is 5.91 Å². The molecule has 0 spiro atoms. The van der Waals surface area contributed by atoms with Crippen LogP contribution in [0.25, 0.3) is 16.7 Å². The maximum atomic E-state index is 12.1. The molecular weight excluding hydrogens is 352 g/mol. The van der Waals surface area contributed by atoms with E-state index in [0.717, 1.165) is 22.5 Å². The number of nitrogens with zero attached hydrogens (tertiary/aromatic N) is 3. The third kappa shape index (κ3) is 3.52. The minimum absolute atomic E-state index is 0.0224. The molecule has 0 saturated heterocycles. The van der Waals surface area contributed by atoms with E-state index in [1.807, 2.05) is 36.5 Å². The van der Waals surface area contributed by atoms with Gasteiger partial charge in [-0.2, -0.15) is 0 Å². The van der Waals surface area contributed by atoms with Gasteiger partial charge in [-0.1, -0.05) is 17.8 Å². The minimum Gasteiger partial charge on any atom is -0.355 e. The molecule has 1 N–H and O–H groups in total. The molecule has 0 aromatic carbocycles. The molecule has 0 radical (unpaired) electrons. The average Bonchev–Trinajstić information content (AvgIpc) is 3.31. The summed E-state index contributed by atoms with van der Waals surface area (Å²) in [5.74, 6) is 0.366. The first-order valence-corrected chi connectivity index (χ1v) is 9.81. The molecule has 0 unspecified atom stereocenters. The Morgan fingerprint density at radius 2 is 2.12 bits per heavy atom. The lowest BCUT2D eigenvalue weighted by atomic mass is 10.3. The number of pyridine rings is 1. The van der Waals surface area contributed by atoms with Gasteiger partial charge in [0.15, 0.2) is 5.65 Å². The molecule has 4 aromatic rings. The van der Waals surface area contributed by atoms with Gasteiger partial charge in [0.25, 0.3) is 0 Å². The Labute approximate surface area is 153 Å². The van der Waals surface area contributed by atoms with E-state index in [1.54, 1.807) is 17.5 Å². The predicted octanol–water partition coefficient (Wildman–Crippen LogP) is 3.40. The van der Waals surface area contributed by atoms with Crippen LogP contribution in [-0.4, -0.2) is 32.6 Å². The number of carbonyl (C=O) groups is 1. The molecule has 5 nitrogen and oxygen atoms in total. The molecule has 25 heavy (non-hydrogen) atoms. The Balaban J connectivity index is 1.43.